The number of unbranched alkanes of at least 4 members (excludes halogenated alkanes) is 10. The predicted octanol–water partition coefficient (Wildman–Crippen LogP) is 5.00. The van der Waals surface area contributed by atoms with E-state index >= 15 is 0 Å². The zero-order chi connectivity index (χ0) is 14.9. The maximum Gasteiger partial charge on any atom is 0.0558 e. The van der Waals surface area contributed by atoms with Gasteiger partial charge >= 0.3 is 0 Å². The molecule has 20 heavy (non-hydrogen) atoms. The van der Waals surface area contributed by atoms with Gasteiger partial charge in [0.2, 0.25) is 0 Å². The molecule has 2 nitrogen and oxygen atoms in total. The Kier molecular flexibility index (Phi) is 16.9. The van der Waals surface area contributed by atoms with Crippen molar-refractivity contribution < 1.29 is 5.11 Å². The SMILES string of the molecule is CCCCCCCCN(CCO)CCCCCCCC. The Hall–Kier alpha value is -0.0800. The van der Waals surface area contributed by atoms with Gasteiger partial charge in [0, 0.05) is 6.54 Å². The molecule has 0 heterocycles. The highest BCUT2D eigenvalue weighted by molar-refractivity contribution is 4.58. The zero-order valence-electron chi connectivity index (χ0n) is 14.2. The highest BCUT2D eigenvalue weighted by atomic mass is 16.3. The van der Waals surface area contributed by atoms with Crippen LogP contribution in [0.25, 0.3) is 0 Å². The van der Waals surface area contributed by atoms with Crippen molar-refractivity contribution in [2.45, 2.75) is 90.9 Å². The van der Waals surface area contributed by atoms with E-state index in [4.69, 9.17) is 5.11 Å². The third-order valence-corrected chi connectivity index (χ3v) is 4.07. The molecule has 2 heteroatoms. The summed E-state index contributed by atoms with van der Waals surface area (Å²) in [6, 6.07) is 0. The number of rotatable bonds is 16. The Morgan fingerprint density at radius 1 is 0.550 bits per heavy atom. The number of hydrogen-bond donors (Lipinski definition) is 1. The molecule has 0 atom stereocenters. The van der Waals surface area contributed by atoms with Gasteiger partial charge < -0.3 is 10.0 Å². The Morgan fingerprint density at radius 3 is 1.35 bits per heavy atom. The van der Waals surface area contributed by atoms with Gasteiger partial charge in [-0.25, -0.2) is 0 Å². The van der Waals surface area contributed by atoms with Crippen LogP contribution in [-0.2, 0) is 0 Å². The van der Waals surface area contributed by atoms with Crippen LogP contribution in [0.15, 0.2) is 0 Å². The van der Waals surface area contributed by atoms with E-state index in [0.29, 0.717) is 6.61 Å². The molecule has 0 spiro atoms. The summed E-state index contributed by atoms with van der Waals surface area (Å²) in [5, 5.41) is 9.14. The molecule has 0 aliphatic heterocycles. The van der Waals surface area contributed by atoms with Crippen molar-refractivity contribution in [3.8, 4) is 0 Å². The quantitative estimate of drug-likeness (QED) is 0.403. The molecule has 0 saturated heterocycles. The lowest BCUT2D eigenvalue weighted by atomic mass is 10.1. The summed E-state index contributed by atoms with van der Waals surface area (Å²) in [5.41, 5.74) is 0. The number of nitrogens with zero attached hydrogens (tertiary/aromatic N) is 1. The van der Waals surface area contributed by atoms with Crippen LogP contribution in [0.5, 0.6) is 0 Å². The second kappa shape index (κ2) is 17.0. The van der Waals surface area contributed by atoms with Crippen LogP contribution < -0.4 is 0 Å². The van der Waals surface area contributed by atoms with Gasteiger partial charge in [0.25, 0.3) is 0 Å². The molecule has 122 valence electrons. The van der Waals surface area contributed by atoms with E-state index in [9.17, 15) is 0 Å². The van der Waals surface area contributed by atoms with Crippen molar-refractivity contribution in [3.63, 3.8) is 0 Å². The van der Waals surface area contributed by atoms with Gasteiger partial charge in [-0.15, -0.1) is 0 Å². The van der Waals surface area contributed by atoms with Crippen molar-refractivity contribution in [2.75, 3.05) is 26.2 Å². The minimum absolute atomic E-state index is 0.311. The second-order valence-electron chi connectivity index (χ2n) is 6.10. The maximum absolute atomic E-state index is 9.14. The molecule has 0 aliphatic rings. The molecule has 1 N–H and O–H groups in total. The van der Waals surface area contributed by atoms with E-state index in [1.54, 1.807) is 0 Å². The Bertz CT molecular complexity index is 157. The smallest absolute Gasteiger partial charge is 0.0558 e. The summed E-state index contributed by atoms with van der Waals surface area (Å²) in [7, 11) is 0. The van der Waals surface area contributed by atoms with Crippen molar-refractivity contribution in [3.05, 3.63) is 0 Å². The van der Waals surface area contributed by atoms with Crippen LogP contribution >= 0.6 is 0 Å². The average molecular weight is 286 g/mol. The highest BCUT2D eigenvalue weighted by Crippen LogP contribution is 2.08. The van der Waals surface area contributed by atoms with E-state index < -0.39 is 0 Å². The maximum atomic E-state index is 9.14. The molecule has 0 bridgehead atoms. The molecule has 0 aliphatic carbocycles. The van der Waals surface area contributed by atoms with Crippen LogP contribution in [0.1, 0.15) is 90.9 Å². The first kappa shape index (κ1) is 19.9. The Morgan fingerprint density at radius 2 is 0.950 bits per heavy atom. The van der Waals surface area contributed by atoms with Gasteiger partial charge in [0.1, 0.15) is 0 Å². The van der Waals surface area contributed by atoms with Crippen LogP contribution in [0.2, 0.25) is 0 Å². The minimum atomic E-state index is 0.311. The van der Waals surface area contributed by atoms with E-state index in [1.807, 2.05) is 0 Å². The lowest BCUT2D eigenvalue weighted by molar-refractivity contribution is 0.190. The van der Waals surface area contributed by atoms with Gasteiger partial charge in [-0.05, 0) is 25.9 Å². The van der Waals surface area contributed by atoms with Crippen LogP contribution in [0.3, 0.4) is 0 Å². The summed E-state index contributed by atoms with van der Waals surface area (Å²) in [6.07, 6.45) is 16.3. The fraction of sp³-hybridized carbons (Fsp3) is 1.00. The summed E-state index contributed by atoms with van der Waals surface area (Å²) < 4.78 is 0. The molecule has 0 rings (SSSR count). The van der Waals surface area contributed by atoms with Crippen molar-refractivity contribution in [1.82, 2.24) is 4.90 Å². The zero-order valence-corrected chi connectivity index (χ0v) is 14.2. The second-order valence-corrected chi connectivity index (χ2v) is 6.10. The van der Waals surface area contributed by atoms with Gasteiger partial charge in [0.15, 0.2) is 0 Å². The molecular formula is C18H39NO. The Balaban J connectivity index is 3.45. The molecule has 0 radical (unpaired) electrons. The fourth-order valence-electron chi connectivity index (χ4n) is 2.71. The monoisotopic (exact) mass is 285 g/mol. The van der Waals surface area contributed by atoms with E-state index in [-0.39, 0.29) is 0 Å². The van der Waals surface area contributed by atoms with Crippen molar-refractivity contribution in [2.24, 2.45) is 0 Å². The largest absolute Gasteiger partial charge is 0.395 e. The van der Waals surface area contributed by atoms with E-state index in [0.717, 1.165) is 6.54 Å². The summed E-state index contributed by atoms with van der Waals surface area (Å²) >= 11 is 0. The number of aliphatic hydroxyl groups is 1. The van der Waals surface area contributed by atoms with Gasteiger partial charge in [0.05, 0.1) is 6.61 Å². The molecule has 0 saturated carbocycles. The first-order valence-corrected chi connectivity index (χ1v) is 9.18. The van der Waals surface area contributed by atoms with Gasteiger partial charge in [-0.3, -0.25) is 0 Å². The van der Waals surface area contributed by atoms with Crippen molar-refractivity contribution >= 4 is 0 Å². The number of hydrogen-bond acceptors (Lipinski definition) is 2. The molecule has 0 aromatic rings. The lowest BCUT2D eigenvalue weighted by Gasteiger charge is -2.21. The van der Waals surface area contributed by atoms with Crippen LogP contribution in [0.4, 0.5) is 0 Å². The van der Waals surface area contributed by atoms with Gasteiger partial charge in [-0.2, -0.15) is 0 Å². The standard InChI is InChI=1S/C18H39NO/c1-3-5-7-9-11-13-15-19(17-18-20)16-14-12-10-8-6-4-2/h20H,3-18H2,1-2H3. The lowest BCUT2D eigenvalue weighted by Crippen LogP contribution is -2.29. The molecular weight excluding hydrogens is 246 g/mol. The highest BCUT2D eigenvalue weighted by Gasteiger charge is 2.03. The first-order valence-electron chi connectivity index (χ1n) is 9.18. The average Bonchev–Trinajstić information content (AvgIpc) is 2.46. The summed E-state index contributed by atoms with van der Waals surface area (Å²) in [4.78, 5) is 2.46. The third kappa shape index (κ3) is 14.3. The molecule has 0 fully saturated rings. The first-order chi connectivity index (χ1) is 9.85. The van der Waals surface area contributed by atoms with E-state index in [1.165, 1.54) is 90.1 Å². The summed E-state index contributed by atoms with van der Waals surface area (Å²) in [5.74, 6) is 0. The third-order valence-electron chi connectivity index (χ3n) is 4.07. The minimum Gasteiger partial charge on any atom is -0.395 e. The van der Waals surface area contributed by atoms with Crippen molar-refractivity contribution in [1.29, 1.82) is 0 Å². The topological polar surface area (TPSA) is 23.5 Å². The number of aliphatic hydroxyl groups excluding tert-OH is 1. The van der Waals surface area contributed by atoms with Gasteiger partial charge in [-0.1, -0.05) is 78.1 Å². The summed E-state index contributed by atoms with van der Waals surface area (Å²) in [6.45, 7) is 8.08. The fourth-order valence-corrected chi connectivity index (χ4v) is 2.71. The normalized spacial score (nSPS) is 11.4. The van der Waals surface area contributed by atoms with Crippen LogP contribution in [0, 0.1) is 0 Å². The molecule has 0 amide bonds. The van der Waals surface area contributed by atoms with Crippen LogP contribution in [-0.4, -0.2) is 36.2 Å². The predicted molar refractivity (Wildman–Crippen MR) is 90.3 cm³/mol. The van der Waals surface area contributed by atoms with E-state index in [2.05, 4.69) is 18.7 Å². The molecule has 0 aromatic heterocycles. The molecule has 0 aromatic carbocycles. The Labute approximate surface area is 127 Å². The molecule has 0 unspecified atom stereocenters.